The van der Waals surface area contributed by atoms with Gasteiger partial charge < -0.3 is 0 Å². The molecule has 2 aromatic carbocycles. The van der Waals surface area contributed by atoms with Crippen LogP contribution in [0.4, 0.5) is 4.39 Å². The van der Waals surface area contributed by atoms with E-state index in [2.05, 4.69) is 5.43 Å². The zero-order valence-electron chi connectivity index (χ0n) is 12.4. The standard InChI is InChI=1S/C19H15FN2O/c20-17-11-9-15(10-12-17)14-18-8-4-5-13-22(18)21-19(23)16-6-2-1-3-7-16/h1-13H,14H2/p+1. The molecule has 1 aromatic heterocycles. The summed E-state index contributed by atoms with van der Waals surface area (Å²) in [5.74, 6) is -0.436. The van der Waals surface area contributed by atoms with Gasteiger partial charge in [-0.05, 0) is 35.9 Å². The van der Waals surface area contributed by atoms with Crippen LogP contribution < -0.4 is 10.1 Å². The van der Waals surface area contributed by atoms with Gasteiger partial charge in [-0.1, -0.05) is 35.0 Å². The van der Waals surface area contributed by atoms with Crippen molar-refractivity contribution >= 4 is 5.91 Å². The van der Waals surface area contributed by atoms with Crippen LogP contribution >= 0.6 is 0 Å². The fourth-order valence-electron chi connectivity index (χ4n) is 2.31. The van der Waals surface area contributed by atoms with Crippen LogP contribution in [0.15, 0.2) is 79.0 Å². The van der Waals surface area contributed by atoms with Crippen LogP contribution in [-0.2, 0) is 6.42 Å². The van der Waals surface area contributed by atoms with E-state index in [9.17, 15) is 9.18 Å². The molecule has 0 aliphatic heterocycles. The van der Waals surface area contributed by atoms with E-state index in [4.69, 9.17) is 0 Å². The molecule has 0 bridgehead atoms. The highest BCUT2D eigenvalue weighted by Crippen LogP contribution is 2.07. The number of nitrogens with one attached hydrogen (secondary N) is 1. The maximum Gasteiger partial charge on any atom is 0.305 e. The van der Waals surface area contributed by atoms with Gasteiger partial charge in [0, 0.05) is 17.7 Å². The number of carbonyl (C=O) groups excluding carboxylic acids is 1. The number of halogens is 1. The van der Waals surface area contributed by atoms with Crippen molar-refractivity contribution in [2.45, 2.75) is 6.42 Å². The molecule has 0 atom stereocenters. The Bertz CT molecular complexity index is 801. The van der Waals surface area contributed by atoms with Gasteiger partial charge in [0.25, 0.3) is 0 Å². The highest BCUT2D eigenvalue weighted by Gasteiger charge is 2.15. The molecule has 0 fully saturated rings. The summed E-state index contributed by atoms with van der Waals surface area (Å²) in [5.41, 5.74) is 5.33. The number of aromatic nitrogens is 1. The van der Waals surface area contributed by atoms with E-state index in [0.29, 0.717) is 12.0 Å². The Labute approximate surface area is 134 Å². The third kappa shape index (κ3) is 3.80. The number of amides is 1. The first-order valence-corrected chi connectivity index (χ1v) is 7.33. The van der Waals surface area contributed by atoms with E-state index in [-0.39, 0.29) is 11.7 Å². The Morgan fingerprint density at radius 1 is 0.913 bits per heavy atom. The van der Waals surface area contributed by atoms with E-state index in [1.54, 1.807) is 35.1 Å². The molecule has 23 heavy (non-hydrogen) atoms. The van der Waals surface area contributed by atoms with E-state index in [1.807, 2.05) is 36.4 Å². The van der Waals surface area contributed by atoms with Crippen molar-refractivity contribution in [3.63, 3.8) is 0 Å². The molecule has 1 heterocycles. The summed E-state index contributed by atoms with van der Waals surface area (Å²) in [5, 5.41) is 0. The second-order valence-electron chi connectivity index (χ2n) is 5.17. The Kier molecular flexibility index (Phi) is 4.43. The van der Waals surface area contributed by atoms with E-state index < -0.39 is 0 Å². The lowest BCUT2D eigenvalue weighted by molar-refractivity contribution is -0.649. The number of pyridine rings is 1. The topological polar surface area (TPSA) is 33.0 Å². The SMILES string of the molecule is O=C(N[n+]1ccccc1Cc1ccc(F)cc1)c1ccccc1. The molecule has 4 heteroatoms. The number of hydrogen-bond acceptors (Lipinski definition) is 1. The smallest absolute Gasteiger partial charge is 0.264 e. The van der Waals surface area contributed by atoms with Crippen molar-refractivity contribution in [2.24, 2.45) is 0 Å². The minimum atomic E-state index is -0.257. The molecular weight excluding hydrogens is 291 g/mol. The van der Waals surface area contributed by atoms with Crippen molar-refractivity contribution in [3.05, 3.63) is 102 Å². The first-order valence-electron chi connectivity index (χ1n) is 7.33. The van der Waals surface area contributed by atoms with Crippen LogP contribution in [0.25, 0.3) is 0 Å². The number of rotatable bonds is 4. The average molecular weight is 307 g/mol. The number of hydrogen-bond donors (Lipinski definition) is 1. The van der Waals surface area contributed by atoms with Gasteiger partial charge in [0.2, 0.25) is 5.69 Å². The van der Waals surface area contributed by atoms with E-state index in [1.165, 1.54) is 12.1 Å². The van der Waals surface area contributed by atoms with Crippen LogP contribution in [0.5, 0.6) is 0 Å². The summed E-state index contributed by atoms with van der Waals surface area (Å²) in [6.07, 6.45) is 2.38. The molecule has 0 aliphatic rings. The Morgan fingerprint density at radius 2 is 1.61 bits per heavy atom. The van der Waals surface area contributed by atoms with E-state index in [0.717, 1.165) is 11.3 Å². The summed E-state index contributed by atoms with van der Waals surface area (Å²) < 4.78 is 14.7. The maximum absolute atomic E-state index is 13.0. The van der Waals surface area contributed by atoms with Gasteiger partial charge in [0.1, 0.15) is 5.82 Å². The molecule has 0 spiro atoms. The van der Waals surface area contributed by atoms with Crippen LogP contribution in [0.3, 0.4) is 0 Å². The molecule has 114 valence electrons. The summed E-state index contributed by atoms with van der Waals surface area (Å²) >= 11 is 0. The molecule has 0 saturated heterocycles. The third-order valence-corrected chi connectivity index (χ3v) is 3.50. The van der Waals surface area contributed by atoms with Crippen LogP contribution in [-0.4, -0.2) is 5.91 Å². The molecule has 3 aromatic rings. The fourth-order valence-corrected chi connectivity index (χ4v) is 2.31. The average Bonchev–Trinajstić information content (AvgIpc) is 2.59. The van der Waals surface area contributed by atoms with Gasteiger partial charge in [-0.2, -0.15) is 0 Å². The highest BCUT2D eigenvalue weighted by molar-refractivity contribution is 5.98. The lowest BCUT2D eigenvalue weighted by Crippen LogP contribution is -2.51. The van der Waals surface area contributed by atoms with Gasteiger partial charge in [0.05, 0.1) is 6.42 Å². The van der Waals surface area contributed by atoms with Crippen molar-refractivity contribution in [2.75, 3.05) is 5.43 Å². The number of nitrogens with zero attached hydrogens (tertiary/aromatic N) is 1. The Morgan fingerprint density at radius 3 is 2.35 bits per heavy atom. The van der Waals surface area contributed by atoms with Gasteiger partial charge in [-0.3, -0.25) is 4.79 Å². The molecule has 0 radical (unpaired) electrons. The summed E-state index contributed by atoms with van der Waals surface area (Å²) in [6.45, 7) is 0. The van der Waals surface area contributed by atoms with Crippen molar-refractivity contribution in [3.8, 4) is 0 Å². The Balaban J connectivity index is 1.80. The molecular formula is C19H16FN2O+. The zero-order chi connectivity index (χ0) is 16.1. The molecule has 0 unspecified atom stereocenters. The lowest BCUT2D eigenvalue weighted by atomic mass is 10.1. The lowest BCUT2D eigenvalue weighted by Gasteiger charge is -2.05. The monoisotopic (exact) mass is 307 g/mol. The fraction of sp³-hybridized carbons (Fsp3) is 0.0526. The first kappa shape index (κ1) is 14.9. The summed E-state index contributed by atoms with van der Waals surface area (Å²) in [7, 11) is 0. The maximum atomic E-state index is 13.0. The van der Waals surface area contributed by atoms with Crippen LogP contribution in [0.2, 0.25) is 0 Å². The number of benzene rings is 2. The highest BCUT2D eigenvalue weighted by atomic mass is 19.1. The molecule has 0 saturated carbocycles. The third-order valence-electron chi connectivity index (χ3n) is 3.50. The second kappa shape index (κ2) is 6.83. The number of carbonyl (C=O) groups is 1. The second-order valence-corrected chi connectivity index (χ2v) is 5.17. The molecule has 0 aliphatic carbocycles. The van der Waals surface area contributed by atoms with E-state index >= 15 is 0 Å². The van der Waals surface area contributed by atoms with Crippen molar-refractivity contribution in [1.29, 1.82) is 0 Å². The predicted molar refractivity (Wildman–Crippen MR) is 86.0 cm³/mol. The molecule has 1 amide bonds. The minimum absolute atomic E-state index is 0.179. The normalized spacial score (nSPS) is 10.3. The minimum Gasteiger partial charge on any atom is -0.264 e. The van der Waals surface area contributed by atoms with Gasteiger partial charge in [0.15, 0.2) is 6.20 Å². The summed E-state index contributed by atoms with van der Waals surface area (Å²) in [6, 6.07) is 21.1. The predicted octanol–water partition coefficient (Wildman–Crippen LogP) is 3.09. The molecule has 3 rings (SSSR count). The quantitative estimate of drug-likeness (QED) is 0.738. The zero-order valence-corrected chi connectivity index (χ0v) is 12.4. The van der Waals surface area contributed by atoms with Gasteiger partial charge in [-0.15, -0.1) is 5.43 Å². The first-order chi connectivity index (χ1) is 11.2. The van der Waals surface area contributed by atoms with Crippen LogP contribution in [0, 0.1) is 5.82 Å². The van der Waals surface area contributed by atoms with Crippen LogP contribution in [0.1, 0.15) is 21.6 Å². The van der Waals surface area contributed by atoms with Gasteiger partial charge >= 0.3 is 5.91 Å². The van der Waals surface area contributed by atoms with Crippen molar-refractivity contribution < 1.29 is 13.9 Å². The largest absolute Gasteiger partial charge is 0.305 e. The van der Waals surface area contributed by atoms with Gasteiger partial charge in [-0.25, -0.2) is 4.39 Å². The Hall–Kier alpha value is -3.01. The summed E-state index contributed by atoms with van der Waals surface area (Å²) in [4.78, 5) is 12.3. The van der Waals surface area contributed by atoms with Crippen molar-refractivity contribution in [1.82, 2.24) is 0 Å². The molecule has 3 nitrogen and oxygen atoms in total. The molecule has 1 N–H and O–H groups in total.